The van der Waals surface area contributed by atoms with Gasteiger partial charge >= 0.3 is 6.18 Å². The molecule has 3 aromatic heterocycles. The smallest absolute Gasteiger partial charge is 0.370 e. The van der Waals surface area contributed by atoms with Crippen LogP contribution in [0.2, 0.25) is 0 Å². The van der Waals surface area contributed by atoms with Crippen molar-refractivity contribution in [2.75, 3.05) is 43.1 Å². The van der Waals surface area contributed by atoms with E-state index in [4.69, 9.17) is 14.7 Å². The van der Waals surface area contributed by atoms with E-state index < -0.39 is 12.8 Å². The average molecular weight is 493 g/mol. The summed E-state index contributed by atoms with van der Waals surface area (Å²) in [6.45, 7) is 7.15. The first-order chi connectivity index (χ1) is 16.8. The third-order valence-electron chi connectivity index (χ3n) is 5.88. The minimum Gasteiger partial charge on any atom is -0.370 e. The van der Waals surface area contributed by atoms with Gasteiger partial charge in [-0.05, 0) is 31.4 Å². The molecule has 2 N–H and O–H groups in total. The molecule has 3 aromatic rings. The van der Waals surface area contributed by atoms with Gasteiger partial charge < -0.3 is 20.3 Å². The molecule has 0 saturated carbocycles. The largest absolute Gasteiger partial charge is 0.411 e. The van der Waals surface area contributed by atoms with Crippen LogP contribution in [0.3, 0.4) is 0 Å². The summed E-state index contributed by atoms with van der Waals surface area (Å²) in [5.74, 6) is 1.71. The third kappa shape index (κ3) is 6.17. The van der Waals surface area contributed by atoms with Gasteiger partial charge in [0.15, 0.2) is 5.82 Å². The summed E-state index contributed by atoms with van der Waals surface area (Å²) >= 11 is 0. The molecule has 0 unspecified atom stereocenters. The number of alkyl halides is 3. The predicted octanol–water partition coefficient (Wildman–Crippen LogP) is 3.60. The number of aromatic nitrogens is 5. The predicted molar refractivity (Wildman–Crippen MR) is 128 cm³/mol. The van der Waals surface area contributed by atoms with Crippen LogP contribution in [0.4, 0.5) is 30.8 Å². The molecule has 1 atom stereocenters. The normalized spacial score (nSPS) is 16.7. The lowest BCUT2D eigenvalue weighted by atomic mass is 10.1. The Hall–Kier alpha value is -2.99. The summed E-state index contributed by atoms with van der Waals surface area (Å²) in [4.78, 5) is 16.3. The highest BCUT2D eigenvalue weighted by Gasteiger charge is 2.28. The van der Waals surface area contributed by atoms with Crippen LogP contribution >= 0.6 is 0 Å². The molecule has 1 saturated heterocycles. The average Bonchev–Trinajstić information content (AvgIpc) is 3.20. The number of anilines is 3. The Morgan fingerprint density at radius 3 is 2.74 bits per heavy atom. The van der Waals surface area contributed by atoms with Crippen LogP contribution in [0.5, 0.6) is 0 Å². The van der Waals surface area contributed by atoms with Crippen LogP contribution in [-0.4, -0.2) is 69.8 Å². The van der Waals surface area contributed by atoms with Gasteiger partial charge in [0.1, 0.15) is 23.5 Å². The molecule has 4 heterocycles. The van der Waals surface area contributed by atoms with E-state index in [1.54, 1.807) is 10.9 Å². The molecule has 0 amide bonds. The molecule has 0 aromatic carbocycles. The van der Waals surface area contributed by atoms with Crippen molar-refractivity contribution in [3.8, 4) is 0 Å². The lowest BCUT2D eigenvalue weighted by Gasteiger charge is -2.33. The highest BCUT2D eigenvalue weighted by Crippen LogP contribution is 2.29. The Bertz CT molecular complexity index is 1130. The lowest BCUT2D eigenvalue weighted by molar-refractivity contribution is -0.174. The first-order valence-electron chi connectivity index (χ1n) is 11.9. The number of piperazine rings is 1. The standard InChI is InChI=1S/C23H31F3N8O/c1-4-16-13-33(9-8-27-16)22-30-19-17(5-2)32-34(10-11-35-14-23(24,25)26)20(19)21(31-22)29-18-7-6-15(3)12-28-18/h6-7,12,16,27H,4-5,8-11,13-14H2,1-3H3,(H,28,29,30,31)/t16-/m0/s1. The van der Waals surface area contributed by atoms with Crippen molar-refractivity contribution in [2.45, 2.75) is 52.4 Å². The second kappa shape index (κ2) is 10.7. The number of rotatable bonds is 9. The maximum absolute atomic E-state index is 12.5. The van der Waals surface area contributed by atoms with Crippen molar-refractivity contribution in [1.29, 1.82) is 0 Å². The Morgan fingerprint density at radius 2 is 2.06 bits per heavy atom. The zero-order valence-electron chi connectivity index (χ0n) is 20.2. The van der Waals surface area contributed by atoms with E-state index in [-0.39, 0.29) is 13.2 Å². The maximum atomic E-state index is 12.5. The number of halogens is 3. The molecule has 4 rings (SSSR count). The van der Waals surface area contributed by atoms with Gasteiger partial charge in [0.25, 0.3) is 0 Å². The molecule has 0 bridgehead atoms. The van der Waals surface area contributed by atoms with Crippen LogP contribution in [0, 0.1) is 6.92 Å². The van der Waals surface area contributed by atoms with E-state index in [0.29, 0.717) is 41.1 Å². The van der Waals surface area contributed by atoms with Crippen molar-refractivity contribution in [2.24, 2.45) is 0 Å². The molecule has 1 aliphatic heterocycles. The van der Waals surface area contributed by atoms with Crippen LogP contribution in [0.1, 0.15) is 31.5 Å². The van der Waals surface area contributed by atoms with Crippen LogP contribution in [-0.2, 0) is 17.7 Å². The highest BCUT2D eigenvalue weighted by atomic mass is 19.4. The second-order valence-electron chi connectivity index (χ2n) is 8.61. The van der Waals surface area contributed by atoms with Crippen molar-refractivity contribution in [1.82, 2.24) is 30.0 Å². The fourth-order valence-electron chi connectivity index (χ4n) is 4.04. The Balaban J connectivity index is 1.72. The maximum Gasteiger partial charge on any atom is 0.411 e. The number of aryl methyl sites for hydroxylation is 2. The summed E-state index contributed by atoms with van der Waals surface area (Å²) in [5.41, 5.74) is 3.07. The number of pyridine rings is 1. The zero-order chi connectivity index (χ0) is 25.0. The number of nitrogens with zero attached hydrogens (tertiary/aromatic N) is 6. The molecule has 9 nitrogen and oxygen atoms in total. The van der Waals surface area contributed by atoms with Gasteiger partial charge in [-0.2, -0.15) is 23.3 Å². The van der Waals surface area contributed by atoms with E-state index in [0.717, 1.165) is 37.3 Å². The molecule has 0 aliphatic carbocycles. The zero-order valence-corrected chi connectivity index (χ0v) is 20.2. The van der Waals surface area contributed by atoms with Crippen molar-refractivity contribution in [3.05, 3.63) is 29.6 Å². The number of nitrogens with one attached hydrogen (secondary N) is 2. The van der Waals surface area contributed by atoms with Gasteiger partial charge in [0.2, 0.25) is 5.95 Å². The fourth-order valence-corrected chi connectivity index (χ4v) is 4.04. The van der Waals surface area contributed by atoms with Gasteiger partial charge in [-0.15, -0.1) is 0 Å². The van der Waals surface area contributed by atoms with Gasteiger partial charge in [-0.1, -0.05) is 19.9 Å². The molecule has 0 radical (unpaired) electrons. The molecule has 12 heteroatoms. The topological polar surface area (TPSA) is 93.0 Å². The number of ether oxygens (including phenoxy) is 1. The summed E-state index contributed by atoms with van der Waals surface area (Å²) in [6.07, 6.45) is -1.01. The molecule has 1 fully saturated rings. The molecule has 1 aliphatic rings. The minimum atomic E-state index is -4.37. The van der Waals surface area contributed by atoms with E-state index in [1.165, 1.54) is 0 Å². The fraction of sp³-hybridized carbons (Fsp3) is 0.565. The van der Waals surface area contributed by atoms with Crippen molar-refractivity contribution >= 4 is 28.6 Å². The molecular weight excluding hydrogens is 461 g/mol. The van der Waals surface area contributed by atoms with Crippen molar-refractivity contribution < 1.29 is 17.9 Å². The van der Waals surface area contributed by atoms with Gasteiger partial charge in [-0.25, -0.2) is 9.97 Å². The highest BCUT2D eigenvalue weighted by molar-refractivity contribution is 5.90. The van der Waals surface area contributed by atoms with Crippen LogP contribution in [0.25, 0.3) is 11.0 Å². The van der Waals surface area contributed by atoms with Gasteiger partial charge in [0.05, 0.1) is 18.8 Å². The van der Waals surface area contributed by atoms with E-state index in [2.05, 4.69) is 32.5 Å². The first-order valence-corrected chi connectivity index (χ1v) is 11.9. The number of fused-ring (bicyclic) bond motifs is 1. The third-order valence-corrected chi connectivity index (χ3v) is 5.88. The summed E-state index contributed by atoms with van der Waals surface area (Å²) < 4.78 is 44.0. The minimum absolute atomic E-state index is 0.136. The number of hydrogen-bond donors (Lipinski definition) is 2. The Labute approximate surface area is 202 Å². The van der Waals surface area contributed by atoms with Crippen LogP contribution < -0.4 is 15.5 Å². The SMILES string of the molecule is CCc1nn(CCOCC(F)(F)F)c2c(Nc3ccc(C)cn3)nc(N3CCN[C@@H](CC)C3)nc12. The monoisotopic (exact) mass is 492 g/mol. The lowest BCUT2D eigenvalue weighted by Crippen LogP contribution is -2.51. The molecule has 35 heavy (non-hydrogen) atoms. The Morgan fingerprint density at radius 1 is 1.23 bits per heavy atom. The molecule has 190 valence electrons. The first kappa shape index (κ1) is 25.1. The van der Waals surface area contributed by atoms with E-state index in [1.807, 2.05) is 26.0 Å². The van der Waals surface area contributed by atoms with Crippen LogP contribution in [0.15, 0.2) is 18.3 Å². The summed E-state index contributed by atoms with van der Waals surface area (Å²) in [7, 11) is 0. The summed E-state index contributed by atoms with van der Waals surface area (Å²) in [5, 5.41) is 11.4. The molecule has 0 spiro atoms. The van der Waals surface area contributed by atoms with E-state index >= 15 is 0 Å². The summed E-state index contributed by atoms with van der Waals surface area (Å²) in [6, 6.07) is 4.14. The van der Waals surface area contributed by atoms with Gasteiger partial charge in [-0.3, -0.25) is 4.68 Å². The second-order valence-corrected chi connectivity index (χ2v) is 8.61. The number of hydrogen-bond acceptors (Lipinski definition) is 8. The quantitative estimate of drug-likeness (QED) is 0.438. The Kier molecular flexibility index (Phi) is 7.70. The van der Waals surface area contributed by atoms with Gasteiger partial charge in [0, 0.05) is 31.9 Å². The molecular formula is C23H31F3N8O. The van der Waals surface area contributed by atoms with Crippen molar-refractivity contribution in [3.63, 3.8) is 0 Å². The van der Waals surface area contributed by atoms with E-state index in [9.17, 15) is 13.2 Å².